The van der Waals surface area contributed by atoms with Gasteiger partial charge in [0.2, 0.25) is 5.91 Å². The second-order valence-electron chi connectivity index (χ2n) is 5.69. The summed E-state index contributed by atoms with van der Waals surface area (Å²) in [6, 6.07) is 0. The number of carbonyl (C=O) groups is 1. The summed E-state index contributed by atoms with van der Waals surface area (Å²) in [7, 11) is 3.84. The van der Waals surface area contributed by atoms with Crippen LogP contribution in [-0.4, -0.2) is 24.0 Å². The molecular weight excluding hydrogens is 286 g/mol. The molecule has 0 spiro atoms. The minimum atomic E-state index is 0.209. The molecule has 0 atom stereocenters. The zero-order chi connectivity index (χ0) is 15.1. The van der Waals surface area contributed by atoms with Gasteiger partial charge in [0, 0.05) is 24.5 Å². The van der Waals surface area contributed by atoms with Crippen molar-refractivity contribution in [3.8, 4) is 0 Å². The van der Waals surface area contributed by atoms with Crippen LogP contribution in [0.5, 0.6) is 0 Å². The first kappa shape index (κ1) is 20.2. The Morgan fingerprint density at radius 3 is 2.35 bits per heavy atom. The number of nitrogens with one attached hydrogen (secondary N) is 1. The Labute approximate surface area is 134 Å². The van der Waals surface area contributed by atoms with Crippen LogP contribution in [0.3, 0.4) is 0 Å². The number of hydrogen-bond acceptors (Lipinski definition) is 3. The lowest BCUT2D eigenvalue weighted by Crippen LogP contribution is -2.25. The first-order valence-corrected chi connectivity index (χ1v) is 10.7. The van der Waals surface area contributed by atoms with E-state index in [-0.39, 0.29) is 5.91 Å². The van der Waals surface area contributed by atoms with Crippen molar-refractivity contribution in [3.63, 3.8) is 0 Å². The molecule has 0 aromatic carbocycles. The zero-order valence-electron chi connectivity index (χ0n) is 13.6. The lowest BCUT2D eigenvalue weighted by molar-refractivity contribution is -0.121. The third kappa shape index (κ3) is 16.2. The maximum Gasteiger partial charge on any atom is 0.220 e. The Morgan fingerprint density at radius 2 is 1.65 bits per heavy atom. The highest BCUT2D eigenvalue weighted by Gasteiger charge is 2.02. The van der Waals surface area contributed by atoms with Crippen molar-refractivity contribution in [1.29, 1.82) is 0 Å². The van der Waals surface area contributed by atoms with Crippen molar-refractivity contribution in [1.82, 2.24) is 5.32 Å². The number of rotatable bonds is 14. The maximum atomic E-state index is 11.5. The van der Waals surface area contributed by atoms with Crippen LogP contribution in [0.4, 0.5) is 0 Å². The molecule has 0 aliphatic rings. The van der Waals surface area contributed by atoms with Gasteiger partial charge in [0.25, 0.3) is 0 Å². The summed E-state index contributed by atoms with van der Waals surface area (Å²) >= 11 is 0. The second kappa shape index (κ2) is 15.6. The fourth-order valence-corrected chi connectivity index (χ4v) is 3.85. The molecule has 0 aromatic rings. The quantitative estimate of drug-likeness (QED) is 0.349. The molecule has 0 heterocycles. The largest absolute Gasteiger partial charge is 0.355 e. The number of hydrogen-bond donors (Lipinski definition) is 1. The van der Waals surface area contributed by atoms with Crippen molar-refractivity contribution in [3.05, 3.63) is 0 Å². The summed E-state index contributed by atoms with van der Waals surface area (Å²) in [6.45, 7) is 7.38. The van der Waals surface area contributed by atoms with Crippen molar-refractivity contribution < 1.29 is 4.79 Å². The van der Waals surface area contributed by atoms with E-state index in [0.29, 0.717) is 12.3 Å². The second-order valence-corrected chi connectivity index (χ2v) is 8.40. The molecule has 0 fully saturated rings. The molecule has 20 heavy (non-hydrogen) atoms. The molecule has 4 heteroatoms. The van der Waals surface area contributed by atoms with E-state index in [4.69, 9.17) is 0 Å². The standard InChI is InChI=1S/C16H33NOS2/c1-4-5-6-7-8-9-13-19-20-14-12-17-16(18)11-10-15(2)3/h15H,4-14H2,1-3H3,(H,17,18). The number of unbranched alkanes of at least 4 members (excludes halogenated alkanes) is 5. The summed E-state index contributed by atoms with van der Waals surface area (Å²) in [5.41, 5.74) is 0. The molecule has 0 bridgehead atoms. The van der Waals surface area contributed by atoms with Gasteiger partial charge in [-0.25, -0.2) is 0 Å². The molecule has 0 rings (SSSR count). The summed E-state index contributed by atoms with van der Waals surface area (Å²) < 4.78 is 0. The Morgan fingerprint density at radius 1 is 1.00 bits per heavy atom. The normalized spacial score (nSPS) is 11.0. The molecule has 1 amide bonds. The van der Waals surface area contributed by atoms with Gasteiger partial charge < -0.3 is 5.32 Å². The van der Waals surface area contributed by atoms with E-state index in [2.05, 4.69) is 26.1 Å². The fraction of sp³-hybridized carbons (Fsp3) is 0.938. The van der Waals surface area contributed by atoms with E-state index in [0.717, 1.165) is 18.7 Å². The van der Waals surface area contributed by atoms with Gasteiger partial charge in [0.1, 0.15) is 0 Å². The average molecular weight is 320 g/mol. The van der Waals surface area contributed by atoms with Crippen LogP contribution in [0, 0.1) is 5.92 Å². The number of amides is 1. The molecule has 120 valence electrons. The molecule has 0 aliphatic heterocycles. The Balaban J connectivity index is 3.11. The van der Waals surface area contributed by atoms with E-state index in [1.54, 1.807) is 0 Å². The highest BCUT2D eigenvalue weighted by atomic mass is 33.1. The summed E-state index contributed by atoms with van der Waals surface area (Å²) in [6.07, 6.45) is 9.88. The highest BCUT2D eigenvalue weighted by molar-refractivity contribution is 8.76. The van der Waals surface area contributed by atoms with E-state index >= 15 is 0 Å². The fourth-order valence-electron chi connectivity index (χ4n) is 1.80. The van der Waals surface area contributed by atoms with Crippen molar-refractivity contribution in [2.45, 2.75) is 72.1 Å². The lowest BCUT2D eigenvalue weighted by Gasteiger charge is -2.06. The van der Waals surface area contributed by atoms with Crippen LogP contribution >= 0.6 is 21.6 Å². The van der Waals surface area contributed by atoms with Crippen LogP contribution in [0.1, 0.15) is 72.1 Å². The van der Waals surface area contributed by atoms with Crippen LogP contribution < -0.4 is 5.32 Å². The minimum Gasteiger partial charge on any atom is -0.355 e. The van der Waals surface area contributed by atoms with E-state index in [1.165, 1.54) is 44.3 Å². The third-order valence-corrected chi connectivity index (χ3v) is 5.61. The topological polar surface area (TPSA) is 29.1 Å². The first-order chi connectivity index (χ1) is 9.66. The SMILES string of the molecule is CCCCCCCCSSCCNC(=O)CCC(C)C. The van der Waals surface area contributed by atoms with E-state index < -0.39 is 0 Å². The summed E-state index contributed by atoms with van der Waals surface area (Å²) in [5, 5.41) is 2.99. The van der Waals surface area contributed by atoms with Gasteiger partial charge in [-0.2, -0.15) is 0 Å². The monoisotopic (exact) mass is 319 g/mol. The van der Waals surface area contributed by atoms with Crippen molar-refractivity contribution in [2.75, 3.05) is 18.1 Å². The lowest BCUT2D eigenvalue weighted by atomic mass is 10.1. The number of carbonyl (C=O) groups excluding carboxylic acids is 1. The van der Waals surface area contributed by atoms with Crippen LogP contribution in [-0.2, 0) is 4.79 Å². The molecule has 0 aliphatic carbocycles. The van der Waals surface area contributed by atoms with E-state index in [9.17, 15) is 4.79 Å². The predicted molar refractivity (Wildman–Crippen MR) is 95.4 cm³/mol. The summed E-state index contributed by atoms with van der Waals surface area (Å²) in [4.78, 5) is 11.5. The summed E-state index contributed by atoms with van der Waals surface area (Å²) in [5.74, 6) is 3.09. The van der Waals surface area contributed by atoms with Gasteiger partial charge in [0.15, 0.2) is 0 Å². The van der Waals surface area contributed by atoms with Crippen LogP contribution in [0.15, 0.2) is 0 Å². The molecule has 0 unspecified atom stereocenters. The smallest absolute Gasteiger partial charge is 0.220 e. The van der Waals surface area contributed by atoms with Gasteiger partial charge in [-0.15, -0.1) is 0 Å². The molecule has 2 nitrogen and oxygen atoms in total. The van der Waals surface area contributed by atoms with Crippen molar-refractivity contribution in [2.24, 2.45) is 5.92 Å². The van der Waals surface area contributed by atoms with Crippen molar-refractivity contribution >= 4 is 27.5 Å². The van der Waals surface area contributed by atoms with Crippen LogP contribution in [0.2, 0.25) is 0 Å². The highest BCUT2D eigenvalue weighted by Crippen LogP contribution is 2.22. The van der Waals surface area contributed by atoms with Gasteiger partial charge in [-0.3, -0.25) is 4.79 Å². The minimum absolute atomic E-state index is 0.209. The van der Waals surface area contributed by atoms with Gasteiger partial charge in [0.05, 0.1) is 0 Å². The Bertz CT molecular complexity index is 223. The molecule has 0 aromatic heterocycles. The predicted octanol–water partition coefficient (Wildman–Crippen LogP) is 5.28. The molecule has 0 saturated heterocycles. The average Bonchev–Trinajstić information content (AvgIpc) is 2.42. The first-order valence-electron chi connectivity index (χ1n) is 8.18. The molecule has 0 saturated carbocycles. The Hall–Kier alpha value is 0.170. The molecule has 0 radical (unpaired) electrons. The van der Waals surface area contributed by atoms with Gasteiger partial charge in [-0.1, -0.05) is 74.5 Å². The van der Waals surface area contributed by atoms with Crippen LogP contribution in [0.25, 0.3) is 0 Å². The van der Waals surface area contributed by atoms with E-state index in [1.807, 2.05) is 21.6 Å². The third-order valence-electron chi connectivity index (χ3n) is 3.12. The Kier molecular flexibility index (Phi) is 15.7. The molecule has 1 N–H and O–H groups in total. The maximum absolute atomic E-state index is 11.5. The van der Waals surface area contributed by atoms with Gasteiger partial charge >= 0.3 is 0 Å². The van der Waals surface area contributed by atoms with Gasteiger partial charge in [-0.05, 0) is 18.8 Å². The zero-order valence-corrected chi connectivity index (χ0v) is 15.2. The molecular formula is C16H33NOS2.